The Balaban J connectivity index is 1.39. The van der Waals surface area contributed by atoms with Gasteiger partial charge >= 0.3 is 6.43 Å². The van der Waals surface area contributed by atoms with E-state index in [1.807, 2.05) is 18.2 Å². The second-order valence-electron chi connectivity index (χ2n) is 7.19. The molecule has 0 saturated heterocycles. The molecule has 0 amide bonds. The van der Waals surface area contributed by atoms with Crippen LogP contribution in [-0.2, 0) is 6.54 Å². The maximum absolute atomic E-state index is 14.6. The topological polar surface area (TPSA) is 107 Å². The highest BCUT2D eigenvalue weighted by Crippen LogP contribution is 2.28. The first-order chi connectivity index (χ1) is 16.4. The number of aromatic nitrogens is 7. The Kier molecular flexibility index (Phi) is 5.36. The van der Waals surface area contributed by atoms with Crippen LogP contribution >= 0.6 is 0 Å². The standard InChI is InChI=1S/C21H14F4N8O/c1-26-21-27-7-11-4-10(2-3-16(11)28-21)17-9-33(32-29-17)8-12-5-15(23)13(6-14(12)22)19-30-31-20(34-19)18(24)25/h2-7,9,18H,8H2,1H3,(H,26,27,28). The van der Waals surface area contributed by atoms with E-state index in [0.717, 1.165) is 28.6 Å². The zero-order chi connectivity index (χ0) is 23.8. The number of hydrogen-bond donors (Lipinski definition) is 1. The molecule has 172 valence electrons. The van der Waals surface area contributed by atoms with Gasteiger partial charge in [0.15, 0.2) is 0 Å². The number of rotatable bonds is 6. The fraction of sp³-hybridized carbons (Fsp3) is 0.143. The van der Waals surface area contributed by atoms with Gasteiger partial charge in [-0.25, -0.2) is 23.4 Å². The van der Waals surface area contributed by atoms with Crippen molar-refractivity contribution in [2.24, 2.45) is 0 Å². The number of fused-ring (bicyclic) bond motifs is 1. The van der Waals surface area contributed by atoms with Gasteiger partial charge in [0, 0.05) is 29.8 Å². The van der Waals surface area contributed by atoms with E-state index >= 15 is 0 Å². The van der Waals surface area contributed by atoms with Crippen LogP contribution < -0.4 is 5.32 Å². The molecular formula is C21H14F4N8O. The quantitative estimate of drug-likeness (QED) is 0.367. The molecule has 0 saturated carbocycles. The number of hydrogen-bond acceptors (Lipinski definition) is 8. The molecule has 5 rings (SSSR count). The van der Waals surface area contributed by atoms with Gasteiger partial charge in [-0.1, -0.05) is 11.3 Å². The molecule has 5 aromatic rings. The summed E-state index contributed by atoms with van der Waals surface area (Å²) in [5.41, 5.74) is 1.56. The third-order valence-corrected chi connectivity index (χ3v) is 4.96. The van der Waals surface area contributed by atoms with Gasteiger partial charge in [-0.3, -0.25) is 0 Å². The highest BCUT2D eigenvalue weighted by atomic mass is 19.3. The zero-order valence-corrected chi connectivity index (χ0v) is 17.4. The van der Waals surface area contributed by atoms with Gasteiger partial charge in [0.05, 0.1) is 23.8 Å². The first-order valence-electron chi connectivity index (χ1n) is 9.86. The average molecular weight is 470 g/mol. The minimum atomic E-state index is -3.02. The van der Waals surface area contributed by atoms with Gasteiger partial charge in [-0.2, -0.15) is 8.78 Å². The van der Waals surface area contributed by atoms with E-state index in [2.05, 4.69) is 35.8 Å². The smallest absolute Gasteiger partial charge is 0.314 e. The maximum atomic E-state index is 14.6. The Morgan fingerprint density at radius 3 is 2.68 bits per heavy atom. The van der Waals surface area contributed by atoms with Crippen molar-refractivity contribution < 1.29 is 22.0 Å². The molecule has 9 nitrogen and oxygen atoms in total. The third kappa shape index (κ3) is 4.02. The minimum Gasteiger partial charge on any atom is -0.415 e. The van der Waals surface area contributed by atoms with Crippen LogP contribution in [0.15, 0.2) is 47.1 Å². The van der Waals surface area contributed by atoms with E-state index < -0.39 is 35.4 Å². The normalized spacial score (nSPS) is 11.5. The molecule has 3 aromatic heterocycles. The van der Waals surface area contributed by atoms with Gasteiger partial charge in [-0.05, 0) is 24.3 Å². The maximum Gasteiger partial charge on any atom is 0.314 e. The second-order valence-corrected chi connectivity index (χ2v) is 7.19. The highest BCUT2D eigenvalue weighted by molar-refractivity contribution is 5.83. The predicted octanol–water partition coefficient (Wildman–Crippen LogP) is 4.24. The first kappa shape index (κ1) is 21.4. The molecule has 0 aliphatic heterocycles. The van der Waals surface area contributed by atoms with Crippen molar-refractivity contribution in [2.75, 3.05) is 12.4 Å². The molecule has 34 heavy (non-hydrogen) atoms. The highest BCUT2D eigenvalue weighted by Gasteiger charge is 2.21. The second kappa shape index (κ2) is 8.50. The lowest BCUT2D eigenvalue weighted by Gasteiger charge is -2.06. The fourth-order valence-electron chi connectivity index (χ4n) is 3.30. The summed E-state index contributed by atoms with van der Waals surface area (Å²) in [5.74, 6) is -2.72. The van der Waals surface area contributed by atoms with E-state index in [9.17, 15) is 17.6 Å². The summed E-state index contributed by atoms with van der Waals surface area (Å²) in [4.78, 5) is 8.54. The van der Waals surface area contributed by atoms with Crippen molar-refractivity contribution in [2.45, 2.75) is 13.0 Å². The van der Waals surface area contributed by atoms with Crippen LogP contribution in [0, 0.1) is 11.6 Å². The van der Waals surface area contributed by atoms with E-state index in [1.165, 1.54) is 4.68 Å². The molecular weight excluding hydrogens is 456 g/mol. The van der Waals surface area contributed by atoms with E-state index in [4.69, 9.17) is 4.42 Å². The van der Waals surface area contributed by atoms with E-state index in [-0.39, 0.29) is 12.1 Å². The Morgan fingerprint density at radius 2 is 1.91 bits per heavy atom. The van der Waals surface area contributed by atoms with Crippen LogP contribution in [0.1, 0.15) is 17.9 Å². The summed E-state index contributed by atoms with van der Waals surface area (Å²) in [5, 5.41) is 18.2. The molecule has 0 fully saturated rings. The van der Waals surface area contributed by atoms with Gasteiger partial charge in [0.2, 0.25) is 5.95 Å². The number of halogens is 4. The van der Waals surface area contributed by atoms with Gasteiger partial charge in [-0.15, -0.1) is 15.3 Å². The lowest BCUT2D eigenvalue weighted by Crippen LogP contribution is -2.04. The Bertz CT molecular complexity index is 1500. The van der Waals surface area contributed by atoms with E-state index in [1.54, 1.807) is 19.4 Å². The van der Waals surface area contributed by atoms with Crippen LogP contribution in [0.25, 0.3) is 33.6 Å². The van der Waals surface area contributed by atoms with Crippen molar-refractivity contribution in [1.29, 1.82) is 0 Å². The van der Waals surface area contributed by atoms with Crippen molar-refractivity contribution in [3.05, 3.63) is 65.8 Å². The SMILES string of the molecule is CNc1ncc2cc(-c3cn(Cc4cc(F)c(-c5nnc(C(F)F)o5)cc4F)nn3)ccc2n1. The molecule has 3 heterocycles. The van der Waals surface area contributed by atoms with Crippen LogP contribution in [0.3, 0.4) is 0 Å². The number of benzene rings is 2. The Labute approximate surface area is 188 Å². The monoisotopic (exact) mass is 470 g/mol. The summed E-state index contributed by atoms with van der Waals surface area (Å²) < 4.78 is 60.5. The third-order valence-electron chi connectivity index (χ3n) is 4.96. The fourth-order valence-corrected chi connectivity index (χ4v) is 3.30. The molecule has 0 aliphatic carbocycles. The molecule has 0 spiro atoms. The number of nitrogens with one attached hydrogen (secondary N) is 1. The Morgan fingerprint density at radius 1 is 1.06 bits per heavy atom. The predicted molar refractivity (Wildman–Crippen MR) is 112 cm³/mol. The minimum absolute atomic E-state index is 0.0298. The van der Waals surface area contributed by atoms with Crippen molar-refractivity contribution in [3.8, 4) is 22.7 Å². The molecule has 1 N–H and O–H groups in total. The summed E-state index contributed by atoms with van der Waals surface area (Å²) in [6.45, 7) is -0.121. The van der Waals surface area contributed by atoms with Crippen molar-refractivity contribution in [3.63, 3.8) is 0 Å². The summed E-state index contributed by atoms with van der Waals surface area (Å²) in [7, 11) is 1.73. The first-order valence-corrected chi connectivity index (χ1v) is 9.86. The van der Waals surface area contributed by atoms with Crippen LogP contribution in [0.2, 0.25) is 0 Å². The van der Waals surface area contributed by atoms with Crippen molar-refractivity contribution in [1.82, 2.24) is 35.2 Å². The number of anilines is 1. The summed E-state index contributed by atoms with van der Waals surface area (Å²) >= 11 is 0. The molecule has 0 unspecified atom stereocenters. The Hall–Kier alpha value is -4.42. The number of nitrogens with zero attached hydrogens (tertiary/aromatic N) is 7. The summed E-state index contributed by atoms with van der Waals surface area (Å²) in [6, 6.07) is 7.21. The van der Waals surface area contributed by atoms with Crippen LogP contribution in [0.4, 0.5) is 23.5 Å². The molecule has 0 radical (unpaired) electrons. The lowest BCUT2D eigenvalue weighted by molar-refractivity contribution is 0.116. The molecule has 0 bridgehead atoms. The largest absolute Gasteiger partial charge is 0.415 e. The molecule has 13 heteroatoms. The van der Waals surface area contributed by atoms with Crippen molar-refractivity contribution >= 4 is 16.9 Å². The molecule has 0 atom stereocenters. The lowest BCUT2D eigenvalue weighted by atomic mass is 10.1. The molecule has 2 aromatic carbocycles. The summed E-state index contributed by atoms with van der Waals surface area (Å²) in [6.07, 6.45) is 0.244. The van der Waals surface area contributed by atoms with E-state index in [0.29, 0.717) is 11.6 Å². The van der Waals surface area contributed by atoms with Gasteiger partial charge in [0.25, 0.3) is 11.8 Å². The van der Waals surface area contributed by atoms with Crippen LogP contribution in [-0.4, -0.2) is 42.2 Å². The average Bonchev–Trinajstić information content (AvgIpc) is 3.51. The van der Waals surface area contributed by atoms with Gasteiger partial charge in [0.1, 0.15) is 17.3 Å². The number of alkyl halides is 2. The van der Waals surface area contributed by atoms with Crippen LogP contribution in [0.5, 0.6) is 0 Å². The molecule has 0 aliphatic rings. The van der Waals surface area contributed by atoms with Gasteiger partial charge < -0.3 is 9.73 Å². The zero-order valence-electron chi connectivity index (χ0n) is 17.4.